The Morgan fingerprint density at radius 2 is 1.60 bits per heavy atom. The average Bonchev–Trinajstić information content (AvgIpc) is 3.12. The van der Waals surface area contributed by atoms with Gasteiger partial charge < -0.3 is 24.4 Å². The molecule has 4 fully saturated rings. The molecule has 1 aromatic carbocycles. The van der Waals surface area contributed by atoms with E-state index in [0.717, 1.165) is 67.1 Å². The molecule has 47 heavy (non-hydrogen) atoms. The van der Waals surface area contributed by atoms with Crippen LogP contribution in [0.1, 0.15) is 42.4 Å². The van der Waals surface area contributed by atoms with Crippen molar-refractivity contribution in [2.24, 2.45) is 5.92 Å². The molecule has 0 bridgehead atoms. The Morgan fingerprint density at radius 1 is 0.894 bits per heavy atom. The van der Waals surface area contributed by atoms with Gasteiger partial charge in [0.15, 0.2) is 0 Å². The summed E-state index contributed by atoms with van der Waals surface area (Å²) >= 11 is 14.4. The highest BCUT2D eigenvalue weighted by molar-refractivity contribution is 9.08. The first-order chi connectivity index (χ1) is 23.0. The number of nitrogens with one attached hydrogen (secondary N) is 1. The van der Waals surface area contributed by atoms with Crippen molar-refractivity contribution in [2.45, 2.75) is 62.4 Å². The molecule has 0 unspecified atom stereocenters. The maximum Gasteiger partial charge on any atom is 0.410 e. The van der Waals surface area contributed by atoms with Crippen molar-refractivity contribution >= 4 is 45.2 Å². The van der Waals surface area contributed by atoms with E-state index in [4.69, 9.17) is 37.4 Å². The van der Waals surface area contributed by atoms with Crippen molar-refractivity contribution in [3.63, 3.8) is 0 Å². The van der Waals surface area contributed by atoms with Crippen molar-refractivity contribution in [3.8, 4) is 0 Å². The van der Waals surface area contributed by atoms with Gasteiger partial charge in [0, 0.05) is 75.0 Å². The van der Waals surface area contributed by atoms with E-state index in [0.29, 0.717) is 24.5 Å². The van der Waals surface area contributed by atoms with Crippen LogP contribution in [0.3, 0.4) is 0 Å². The SMILES string of the molecule is C1CO[C@H]2CNCC[C@@H]2C1.Clc1ncc(CBr)cn1.O=C(OCc1ccccc1)N1CCO[C@H]2CN(Cc3cnc(Cl)nc3)CC[C@@H]21. The first-order valence-electron chi connectivity index (χ1n) is 16.1. The fourth-order valence-corrected chi connectivity index (χ4v) is 6.69. The van der Waals surface area contributed by atoms with Gasteiger partial charge in [-0.2, -0.15) is 0 Å². The number of benzene rings is 1. The fourth-order valence-electron chi connectivity index (χ4n) is 6.21. The van der Waals surface area contributed by atoms with Crippen LogP contribution in [0.2, 0.25) is 10.6 Å². The molecule has 4 atom stereocenters. The van der Waals surface area contributed by atoms with E-state index in [-0.39, 0.29) is 30.1 Å². The molecule has 1 N–H and O–H groups in total. The monoisotopic (exact) mass is 749 g/mol. The average molecular weight is 752 g/mol. The van der Waals surface area contributed by atoms with Crippen LogP contribution in [-0.2, 0) is 32.7 Å². The summed E-state index contributed by atoms with van der Waals surface area (Å²) in [5.74, 6) is 0.870. The molecule has 4 aliphatic rings. The molecular weight excluding hydrogens is 709 g/mol. The zero-order valence-corrected chi connectivity index (χ0v) is 29.5. The van der Waals surface area contributed by atoms with E-state index in [1.807, 2.05) is 35.2 Å². The number of morpholine rings is 1. The van der Waals surface area contributed by atoms with E-state index in [1.165, 1.54) is 25.8 Å². The van der Waals surface area contributed by atoms with Gasteiger partial charge in [-0.15, -0.1) is 0 Å². The van der Waals surface area contributed by atoms with Gasteiger partial charge in [-0.3, -0.25) is 4.90 Å². The van der Waals surface area contributed by atoms with Crippen molar-refractivity contribution in [3.05, 3.63) is 82.4 Å². The van der Waals surface area contributed by atoms with Gasteiger partial charge in [-0.05, 0) is 72.5 Å². The van der Waals surface area contributed by atoms with Gasteiger partial charge in [-0.1, -0.05) is 46.3 Å². The number of fused-ring (bicyclic) bond motifs is 2. The van der Waals surface area contributed by atoms with Crippen LogP contribution in [0.15, 0.2) is 55.1 Å². The van der Waals surface area contributed by atoms with Crippen LogP contribution in [-0.4, -0.2) is 100 Å². The van der Waals surface area contributed by atoms with Crippen molar-refractivity contribution in [1.29, 1.82) is 0 Å². The third kappa shape index (κ3) is 11.3. The smallest absolute Gasteiger partial charge is 0.410 e. The van der Waals surface area contributed by atoms with Crippen LogP contribution in [0.5, 0.6) is 0 Å². The van der Waals surface area contributed by atoms with Gasteiger partial charge in [0.1, 0.15) is 6.61 Å². The highest BCUT2D eigenvalue weighted by Gasteiger charge is 2.39. The molecule has 7 rings (SSSR count). The summed E-state index contributed by atoms with van der Waals surface area (Å²) in [6.45, 7) is 7.03. The van der Waals surface area contributed by atoms with Gasteiger partial charge >= 0.3 is 6.09 Å². The summed E-state index contributed by atoms with van der Waals surface area (Å²) in [6.07, 6.45) is 12.0. The molecule has 4 aliphatic heterocycles. The number of carbonyl (C=O) groups excluding carboxylic acids is 1. The van der Waals surface area contributed by atoms with Gasteiger partial charge in [0.25, 0.3) is 0 Å². The number of rotatable bonds is 5. The van der Waals surface area contributed by atoms with Gasteiger partial charge in [-0.25, -0.2) is 24.7 Å². The summed E-state index contributed by atoms with van der Waals surface area (Å²) < 4.78 is 17.1. The number of amides is 1. The van der Waals surface area contributed by atoms with Crippen LogP contribution in [0.4, 0.5) is 4.79 Å². The number of aromatic nitrogens is 4. The standard InChI is InChI=1S/C20H23ClN4O3.C8H15NO.C5H4BrClN2/c21-19-22-10-16(11-23-19)12-24-7-6-17-18(13-24)27-9-8-25(17)20(26)28-14-15-4-2-1-3-5-15;1-2-7-3-4-9-6-8(7)10-5-1;6-1-4-2-8-5(7)9-3-4/h1-5,10-11,17-18H,6-9,12-14H2;7-9H,1-6H2;2-3H,1H2/t17-,18-;7-,8-;/m00./s1. The molecule has 14 heteroatoms. The van der Waals surface area contributed by atoms with Crippen LogP contribution in [0, 0.1) is 5.92 Å². The molecule has 1 amide bonds. The summed E-state index contributed by atoms with van der Waals surface area (Å²) in [5, 5.41) is 4.67. The predicted molar refractivity (Wildman–Crippen MR) is 183 cm³/mol. The Hall–Kier alpha value is -2.45. The number of hydrogen-bond acceptors (Lipinski definition) is 10. The minimum absolute atomic E-state index is 0.0139. The number of ether oxygens (including phenoxy) is 3. The first kappa shape index (κ1) is 35.8. The number of alkyl halides is 1. The van der Waals surface area contributed by atoms with E-state index < -0.39 is 0 Å². The number of carbonyl (C=O) groups is 1. The molecule has 2 aromatic heterocycles. The van der Waals surface area contributed by atoms with Crippen LogP contribution < -0.4 is 5.32 Å². The topological polar surface area (TPSA) is 115 Å². The minimum atomic E-state index is -0.262. The molecule has 6 heterocycles. The summed E-state index contributed by atoms with van der Waals surface area (Å²) in [4.78, 5) is 32.4. The molecule has 254 valence electrons. The second-order valence-electron chi connectivity index (χ2n) is 11.9. The van der Waals surface area contributed by atoms with Crippen LogP contribution >= 0.6 is 39.1 Å². The van der Waals surface area contributed by atoms with Gasteiger partial charge in [0.2, 0.25) is 10.6 Å². The Kier molecular flexibility index (Phi) is 14.4. The number of halogens is 3. The number of piperidine rings is 2. The van der Waals surface area contributed by atoms with E-state index in [2.05, 4.69) is 46.1 Å². The zero-order valence-electron chi connectivity index (χ0n) is 26.4. The lowest BCUT2D eigenvalue weighted by atomic mass is 9.89. The molecule has 0 aliphatic carbocycles. The van der Waals surface area contributed by atoms with Crippen molar-refractivity contribution in [2.75, 3.05) is 45.9 Å². The molecule has 11 nitrogen and oxygen atoms in total. The quantitative estimate of drug-likeness (QED) is 0.263. The number of hydrogen-bond donors (Lipinski definition) is 1. The van der Waals surface area contributed by atoms with Crippen molar-refractivity contribution in [1.82, 2.24) is 35.1 Å². The third-order valence-electron chi connectivity index (χ3n) is 8.63. The zero-order chi connectivity index (χ0) is 32.8. The normalized spacial score (nSPS) is 23.9. The van der Waals surface area contributed by atoms with Crippen molar-refractivity contribution < 1.29 is 19.0 Å². The highest BCUT2D eigenvalue weighted by atomic mass is 79.9. The second kappa shape index (κ2) is 18.9. The Bertz CT molecular complexity index is 1340. The second-order valence-corrected chi connectivity index (χ2v) is 13.1. The maximum absolute atomic E-state index is 12.6. The Labute approximate surface area is 294 Å². The molecule has 0 radical (unpaired) electrons. The number of likely N-dealkylation sites (tertiary alicyclic amines) is 1. The lowest BCUT2D eigenvalue weighted by Gasteiger charge is -2.46. The Morgan fingerprint density at radius 3 is 2.30 bits per heavy atom. The lowest BCUT2D eigenvalue weighted by Crippen LogP contribution is -2.60. The van der Waals surface area contributed by atoms with Gasteiger partial charge in [0.05, 0.1) is 24.9 Å². The maximum atomic E-state index is 12.6. The lowest BCUT2D eigenvalue weighted by molar-refractivity contribution is -0.0992. The summed E-state index contributed by atoms with van der Waals surface area (Å²) in [5.41, 5.74) is 3.03. The molecule has 0 spiro atoms. The Balaban J connectivity index is 0.000000184. The number of nitrogens with zero attached hydrogens (tertiary/aromatic N) is 6. The van der Waals surface area contributed by atoms with E-state index in [9.17, 15) is 4.79 Å². The molecular formula is C33H42BrCl2N7O4. The highest BCUT2D eigenvalue weighted by Crippen LogP contribution is 2.26. The predicted octanol–water partition coefficient (Wildman–Crippen LogP) is 5.54. The summed E-state index contributed by atoms with van der Waals surface area (Å²) in [6, 6.07) is 9.78. The molecule has 3 aromatic rings. The van der Waals surface area contributed by atoms with E-state index in [1.54, 1.807) is 24.8 Å². The molecule has 0 saturated carbocycles. The largest absolute Gasteiger partial charge is 0.445 e. The third-order valence-corrected chi connectivity index (χ3v) is 9.67. The fraction of sp³-hybridized carbons (Fsp3) is 0.545. The van der Waals surface area contributed by atoms with E-state index >= 15 is 0 Å². The van der Waals surface area contributed by atoms with Crippen LogP contribution in [0.25, 0.3) is 0 Å². The molecule has 4 saturated heterocycles. The first-order valence-corrected chi connectivity index (χ1v) is 18.0. The minimum Gasteiger partial charge on any atom is -0.445 e. The summed E-state index contributed by atoms with van der Waals surface area (Å²) in [7, 11) is 0.